The van der Waals surface area contributed by atoms with Crippen molar-refractivity contribution in [3.8, 4) is 5.75 Å². The predicted octanol–water partition coefficient (Wildman–Crippen LogP) is 2.48. The van der Waals surface area contributed by atoms with Gasteiger partial charge in [0.15, 0.2) is 5.75 Å². The highest BCUT2D eigenvalue weighted by atomic mass is 79.9. The Kier molecular flexibility index (Phi) is 3.43. The molecule has 84 valence electrons. The van der Waals surface area contributed by atoms with Gasteiger partial charge in [-0.3, -0.25) is 4.79 Å². The number of hydrogen-bond acceptors (Lipinski definition) is 2. The lowest BCUT2D eigenvalue weighted by atomic mass is 10.3. The fourth-order valence-electron chi connectivity index (χ4n) is 1.06. The molecule has 0 spiro atoms. The van der Waals surface area contributed by atoms with Crippen molar-refractivity contribution >= 4 is 15.9 Å². The summed E-state index contributed by atoms with van der Waals surface area (Å²) < 4.78 is 39.5. The second-order valence-corrected chi connectivity index (χ2v) is 3.37. The van der Waals surface area contributed by atoms with Gasteiger partial charge in [0.25, 0.3) is 0 Å². The molecule has 1 aromatic heterocycles. The van der Waals surface area contributed by atoms with E-state index in [1.54, 1.807) is 6.92 Å². The monoisotopic (exact) mass is 285 g/mol. The Bertz CT molecular complexity index is 413. The fourth-order valence-corrected chi connectivity index (χ4v) is 1.46. The molecule has 0 aromatic carbocycles. The van der Waals surface area contributed by atoms with Crippen molar-refractivity contribution in [2.75, 3.05) is 0 Å². The molecule has 0 unspecified atom stereocenters. The molecular weight excluding hydrogens is 279 g/mol. The van der Waals surface area contributed by atoms with E-state index in [0.29, 0.717) is 5.69 Å². The SMILES string of the molecule is Cc1cc(=O)c(OC(F)(F)F)c(CBr)[nH]1. The van der Waals surface area contributed by atoms with Crippen LogP contribution < -0.4 is 10.2 Å². The van der Waals surface area contributed by atoms with Gasteiger partial charge in [0.05, 0.1) is 5.69 Å². The van der Waals surface area contributed by atoms with Gasteiger partial charge in [0, 0.05) is 17.1 Å². The smallest absolute Gasteiger partial charge is 0.400 e. The molecule has 7 heteroatoms. The van der Waals surface area contributed by atoms with Crippen LogP contribution in [-0.4, -0.2) is 11.3 Å². The van der Waals surface area contributed by atoms with E-state index >= 15 is 0 Å². The maximum absolute atomic E-state index is 11.9. The van der Waals surface area contributed by atoms with Gasteiger partial charge in [-0.1, -0.05) is 15.9 Å². The van der Waals surface area contributed by atoms with Crippen molar-refractivity contribution in [3.05, 3.63) is 27.7 Å². The highest BCUT2D eigenvalue weighted by molar-refractivity contribution is 9.08. The van der Waals surface area contributed by atoms with Crippen molar-refractivity contribution in [2.45, 2.75) is 18.6 Å². The molecule has 0 fully saturated rings. The number of aromatic amines is 1. The van der Waals surface area contributed by atoms with Crippen LogP contribution in [0.2, 0.25) is 0 Å². The van der Waals surface area contributed by atoms with Crippen LogP contribution in [0.25, 0.3) is 0 Å². The van der Waals surface area contributed by atoms with E-state index in [1.165, 1.54) is 0 Å². The molecule has 15 heavy (non-hydrogen) atoms. The third kappa shape index (κ3) is 3.26. The minimum Gasteiger partial charge on any atom is -0.400 e. The molecule has 0 saturated carbocycles. The van der Waals surface area contributed by atoms with Gasteiger partial charge in [-0.05, 0) is 6.92 Å². The van der Waals surface area contributed by atoms with Crippen LogP contribution in [0.3, 0.4) is 0 Å². The van der Waals surface area contributed by atoms with Gasteiger partial charge in [-0.15, -0.1) is 13.2 Å². The zero-order chi connectivity index (χ0) is 11.6. The summed E-state index contributed by atoms with van der Waals surface area (Å²) >= 11 is 2.97. The molecule has 0 radical (unpaired) electrons. The summed E-state index contributed by atoms with van der Waals surface area (Å²) in [6.07, 6.45) is -4.86. The summed E-state index contributed by atoms with van der Waals surface area (Å²) in [5.41, 5.74) is -0.251. The number of halogens is 4. The molecule has 1 aromatic rings. The molecule has 3 nitrogen and oxygen atoms in total. The Labute approximate surface area is 91.4 Å². The summed E-state index contributed by atoms with van der Waals surface area (Å²) in [6, 6.07) is 1.05. The number of aryl methyl sites for hydroxylation is 1. The molecule has 0 aliphatic rings. The van der Waals surface area contributed by atoms with E-state index in [0.717, 1.165) is 6.07 Å². The third-order valence-electron chi connectivity index (χ3n) is 1.54. The Hall–Kier alpha value is -0.980. The molecule has 1 N–H and O–H groups in total. The van der Waals surface area contributed by atoms with Crippen molar-refractivity contribution in [3.63, 3.8) is 0 Å². The van der Waals surface area contributed by atoms with Gasteiger partial charge in [0.2, 0.25) is 5.43 Å². The van der Waals surface area contributed by atoms with E-state index in [4.69, 9.17) is 0 Å². The van der Waals surface area contributed by atoms with Crippen LogP contribution in [-0.2, 0) is 5.33 Å². The van der Waals surface area contributed by atoms with Crippen LogP contribution in [0.5, 0.6) is 5.75 Å². The van der Waals surface area contributed by atoms with Crippen molar-refractivity contribution in [1.82, 2.24) is 4.98 Å². The maximum atomic E-state index is 11.9. The molecular formula is C8H7BrF3NO2. The second-order valence-electron chi connectivity index (χ2n) is 2.81. The van der Waals surface area contributed by atoms with Gasteiger partial charge >= 0.3 is 6.36 Å². The van der Waals surface area contributed by atoms with Crippen LogP contribution in [0.4, 0.5) is 13.2 Å². The lowest BCUT2D eigenvalue weighted by Crippen LogP contribution is -2.23. The van der Waals surface area contributed by atoms with E-state index in [9.17, 15) is 18.0 Å². The Balaban J connectivity index is 3.22. The predicted molar refractivity (Wildman–Crippen MR) is 51.1 cm³/mol. The number of rotatable bonds is 2. The number of nitrogens with one attached hydrogen (secondary N) is 1. The lowest BCUT2D eigenvalue weighted by molar-refractivity contribution is -0.275. The van der Waals surface area contributed by atoms with Crippen LogP contribution in [0, 0.1) is 6.92 Å². The first-order chi connectivity index (χ1) is 6.83. The molecule has 0 bridgehead atoms. The summed E-state index contributed by atoms with van der Waals surface area (Å²) in [4.78, 5) is 13.8. The van der Waals surface area contributed by atoms with Crippen molar-refractivity contribution in [1.29, 1.82) is 0 Å². The topological polar surface area (TPSA) is 42.1 Å². The van der Waals surface area contributed by atoms with Crippen LogP contribution in [0.1, 0.15) is 11.4 Å². The first-order valence-electron chi connectivity index (χ1n) is 3.88. The Morgan fingerprint density at radius 3 is 2.60 bits per heavy atom. The number of hydrogen-bond donors (Lipinski definition) is 1. The summed E-state index contributed by atoms with van der Waals surface area (Å²) in [7, 11) is 0. The molecule has 0 amide bonds. The van der Waals surface area contributed by atoms with Gasteiger partial charge in [-0.25, -0.2) is 0 Å². The standard InChI is InChI=1S/C8H7BrF3NO2/c1-4-2-6(14)7(5(3-9)13-4)15-8(10,11)12/h2H,3H2,1H3,(H,13,14). The normalized spacial score (nSPS) is 11.5. The van der Waals surface area contributed by atoms with Crippen molar-refractivity contribution < 1.29 is 17.9 Å². The van der Waals surface area contributed by atoms with Crippen molar-refractivity contribution in [2.24, 2.45) is 0 Å². The quantitative estimate of drug-likeness (QED) is 0.849. The van der Waals surface area contributed by atoms with Gasteiger partial charge in [0.1, 0.15) is 0 Å². The molecule has 0 aliphatic heterocycles. The lowest BCUT2D eigenvalue weighted by Gasteiger charge is -2.11. The summed E-state index contributed by atoms with van der Waals surface area (Å²) in [6.45, 7) is 1.57. The number of alkyl halides is 4. The minimum absolute atomic E-state index is 0.0670. The highest BCUT2D eigenvalue weighted by Gasteiger charge is 2.33. The summed E-state index contributed by atoms with van der Waals surface area (Å²) in [5.74, 6) is -0.718. The highest BCUT2D eigenvalue weighted by Crippen LogP contribution is 2.23. The molecule has 0 saturated heterocycles. The average molecular weight is 286 g/mol. The average Bonchev–Trinajstić information content (AvgIpc) is 2.07. The van der Waals surface area contributed by atoms with E-state index in [2.05, 4.69) is 25.7 Å². The number of H-pyrrole nitrogens is 1. The molecule has 0 atom stereocenters. The van der Waals surface area contributed by atoms with Gasteiger partial charge < -0.3 is 9.72 Å². The largest absolute Gasteiger partial charge is 0.573 e. The number of aromatic nitrogens is 1. The molecule has 1 rings (SSSR count). The number of pyridine rings is 1. The Morgan fingerprint density at radius 1 is 1.53 bits per heavy atom. The number of ether oxygens (including phenoxy) is 1. The first-order valence-corrected chi connectivity index (χ1v) is 5.00. The molecule has 1 heterocycles. The van der Waals surface area contributed by atoms with E-state index in [1.807, 2.05) is 0 Å². The maximum Gasteiger partial charge on any atom is 0.573 e. The minimum atomic E-state index is -4.86. The fraction of sp³-hybridized carbons (Fsp3) is 0.375. The zero-order valence-corrected chi connectivity index (χ0v) is 9.20. The third-order valence-corrected chi connectivity index (χ3v) is 2.11. The Morgan fingerprint density at radius 2 is 2.13 bits per heavy atom. The van der Waals surface area contributed by atoms with E-state index in [-0.39, 0.29) is 11.0 Å². The van der Waals surface area contributed by atoms with Crippen LogP contribution in [0.15, 0.2) is 10.9 Å². The summed E-state index contributed by atoms with van der Waals surface area (Å²) in [5, 5.41) is 0.0787. The second kappa shape index (κ2) is 4.26. The zero-order valence-electron chi connectivity index (χ0n) is 7.61. The van der Waals surface area contributed by atoms with Gasteiger partial charge in [-0.2, -0.15) is 0 Å². The first kappa shape index (κ1) is 12.1. The van der Waals surface area contributed by atoms with Crippen LogP contribution >= 0.6 is 15.9 Å². The van der Waals surface area contributed by atoms with E-state index < -0.39 is 17.5 Å². The molecule has 0 aliphatic carbocycles.